The second kappa shape index (κ2) is 12.9. The van der Waals surface area contributed by atoms with E-state index >= 15 is 0 Å². The zero-order valence-electron chi connectivity index (χ0n) is 24.7. The lowest BCUT2D eigenvalue weighted by molar-refractivity contribution is -0.0852. The Morgan fingerprint density at radius 3 is 2.49 bits per heavy atom. The maximum Gasteiger partial charge on any atom is 0.254 e. The predicted octanol–water partition coefficient (Wildman–Crippen LogP) is 5.09. The van der Waals surface area contributed by atoms with Gasteiger partial charge in [-0.2, -0.15) is 5.10 Å². The van der Waals surface area contributed by atoms with Gasteiger partial charge in [-0.3, -0.25) is 9.58 Å². The lowest BCUT2D eigenvalue weighted by Crippen LogP contribution is -2.51. The first-order chi connectivity index (χ1) is 20.8. The number of rotatable bonds is 9. The second-order valence-corrected chi connectivity index (χ2v) is 12.0. The van der Waals surface area contributed by atoms with Gasteiger partial charge in [0.05, 0.1) is 36.0 Å². The fourth-order valence-corrected chi connectivity index (χ4v) is 6.30. The first-order valence-electron chi connectivity index (χ1n) is 14.9. The molecule has 1 saturated carbocycles. The van der Waals surface area contributed by atoms with Gasteiger partial charge in [0, 0.05) is 37.1 Å². The van der Waals surface area contributed by atoms with E-state index in [0.29, 0.717) is 35.0 Å². The molecule has 3 aromatic heterocycles. The van der Waals surface area contributed by atoms with Crippen molar-refractivity contribution in [3.05, 3.63) is 54.5 Å². The van der Waals surface area contributed by atoms with Crippen LogP contribution in [0.4, 0.5) is 11.6 Å². The molecule has 43 heavy (non-hydrogen) atoms. The van der Waals surface area contributed by atoms with Gasteiger partial charge in [-0.1, -0.05) is 17.7 Å². The Balaban J connectivity index is 1.06. The topological polar surface area (TPSA) is 128 Å². The van der Waals surface area contributed by atoms with Crippen molar-refractivity contribution in [3.63, 3.8) is 0 Å². The van der Waals surface area contributed by atoms with Crippen molar-refractivity contribution in [2.75, 3.05) is 18.4 Å². The van der Waals surface area contributed by atoms with Gasteiger partial charge in [-0.05, 0) is 64.2 Å². The SMILES string of the molecule is CC(Cn1cncn1)Oc1cc(-c2cnc(Nc3cn(C4CCC(N5C[C@@H](C)O[C@@H](C)C5)CC4)nc3O)nc2)ccc1Cl. The number of halogens is 1. The van der Waals surface area contributed by atoms with Gasteiger partial charge in [0.1, 0.15) is 30.2 Å². The highest BCUT2D eigenvalue weighted by Gasteiger charge is 2.32. The van der Waals surface area contributed by atoms with Gasteiger partial charge in [0.25, 0.3) is 5.88 Å². The molecule has 1 unspecified atom stereocenters. The summed E-state index contributed by atoms with van der Waals surface area (Å²) >= 11 is 6.41. The highest BCUT2D eigenvalue weighted by molar-refractivity contribution is 6.32. The highest BCUT2D eigenvalue weighted by atomic mass is 35.5. The Morgan fingerprint density at radius 2 is 1.79 bits per heavy atom. The molecule has 228 valence electrons. The largest absolute Gasteiger partial charge is 0.491 e. The average Bonchev–Trinajstić information content (AvgIpc) is 3.63. The molecular weight excluding hydrogens is 570 g/mol. The quantitative estimate of drug-likeness (QED) is 0.265. The molecule has 0 amide bonds. The molecule has 1 aromatic carbocycles. The molecule has 6 rings (SSSR count). The number of hydrogen-bond donors (Lipinski definition) is 2. The van der Waals surface area contributed by atoms with E-state index in [-0.39, 0.29) is 30.2 Å². The van der Waals surface area contributed by atoms with E-state index in [2.05, 4.69) is 49.2 Å². The van der Waals surface area contributed by atoms with Crippen LogP contribution in [0.15, 0.2) is 49.4 Å². The Hall–Kier alpha value is -3.74. The Bertz CT molecular complexity index is 1480. The molecule has 0 radical (unpaired) electrons. The van der Waals surface area contributed by atoms with E-state index in [4.69, 9.17) is 21.1 Å². The van der Waals surface area contributed by atoms with Crippen molar-refractivity contribution in [3.8, 4) is 22.8 Å². The average molecular weight is 608 g/mol. The summed E-state index contributed by atoms with van der Waals surface area (Å²) in [6.07, 6.45) is 13.1. The van der Waals surface area contributed by atoms with Crippen molar-refractivity contribution >= 4 is 23.2 Å². The first-order valence-corrected chi connectivity index (χ1v) is 15.2. The van der Waals surface area contributed by atoms with Crippen LogP contribution in [0.5, 0.6) is 11.6 Å². The minimum absolute atomic E-state index is 0.0647. The van der Waals surface area contributed by atoms with Crippen LogP contribution in [-0.4, -0.2) is 82.0 Å². The molecule has 4 aromatic rings. The minimum atomic E-state index is -0.168. The maximum absolute atomic E-state index is 10.6. The van der Waals surface area contributed by atoms with Crippen LogP contribution in [-0.2, 0) is 11.3 Å². The number of aromatic hydroxyl groups is 1. The fourth-order valence-electron chi connectivity index (χ4n) is 6.14. The third-order valence-corrected chi connectivity index (χ3v) is 8.43. The Labute approximate surface area is 256 Å². The van der Waals surface area contributed by atoms with Crippen molar-refractivity contribution in [2.45, 2.75) is 83.4 Å². The van der Waals surface area contributed by atoms with Crippen molar-refractivity contribution < 1.29 is 14.6 Å². The van der Waals surface area contributed by atoms with Gasteiger partial charge < -0.3 is 19.9 Å². The van der Waals surface area contributed by atoms with Gasteiger partial charge in [0.15, 0.2) is 0 Å². The van der Waals surface area contributed by atoms with E-state index in [1.54, 1.807) is 29.5 Å². The highest BCUT2D eigenvalue weighted by Crippen LogP contribution is 2.35. The smallest absolute Gasteiger partial charge is 0.254 e. The molecule has 1 aliphatic carbocycles. The molecule has 2 fully saturated rings. The monoisotopic (exact) mass is 607 g/mol. The standard InChI is InChI=1S/C30H38ClN9O3/c1-19-13-38(14-20(2)42-19)24-5-7-25(8-6-24)40-16-27(29(41)37-40)36-30-33-11-23(12-34-30)22-4-9-26(31)28(10-22)43-21(3)15-39-18-32-17-35-39/h4,9-12,16-21,24-25H,5-8,13-15H2,1-3H3,(H,37,41)(H,33,34,36)/t19-,20+,21?,24?,25?. The van der Waals surface area contributed by atoms with Gasteiger partial charge in [-0.25, -0.2) is 19.6 Å². The number of hydrogen-bond acceptors (Lipinski definition) is 10. The van der Waals surface area contributed by atoms with E-state index in [1.807, 2.05) is 29.9 Å². The molecule has 1 saturated heterocycles. The Kier molecular flexibility index (Phi) is 8.78. The lowest BCUT2D eigenvalue weighted by atomic mass is 9.89. The summed E-state index contributed by atoms with van der Waals surface area (Å²) in [6.45, 7) is 8.78. The van der Waals surface area contributed by atoms with E-state index < -0.39 is 0 Å². The number of morpholine rings is 1. The van der Waals surface area contributed by atoms with Crippen LogP contribution in [0.3, 0.4) is 0 Å². The molecule has 12 nitrogen and oxygen atoms in total. The summed E-state index contributed by atoms with van der Waals surface area (Å²) in [7, 11) is 0. The maximum atomic E-state index is 10.6. The third kappa shape index (κ3) is 7.09. The predicted molar refractivity (Wildman–Crippen MR) is 163 cm³/mol. The number of nitrogens with zero attached hydrogens (tertiary/aromatic N) is 8. The van der Waals surface area contributed by atoms with Crippen LogP contribution >= 0.6 is 11.6 Å². The molecule has 2 N–H and O–H groups in total. The van der Waals surface area contributed by atoms with Gasteiger partial charge in [0.2, 0.25) is 5.95 Å². The van der Waals surface area contributed by atoms with Crippen LogP contribution < -0.4 is 10.1 Å². The fraction of sp³-hybridized carbons (Fsp3) is 0.500. The van der Waals surface area contributed by atoms with Gasteiger partial charge >= 0.3 is 0 Å². The van der Waals surface area contributed by atoms with Crippen LogP contribution in [0.25, 0.3) is 11.1 Å². The van der Waals surface area contributed by atoms with E-state index in [9.17, 15) is 5.11 Å². The molecule has 13 heteroatoms. The summed E-state index contributed by atoms with van der Waals surface area (Å²) in [4.78, 5) is 15.5. The normalized spacial score (nSPS) is 23.6. The molecular formula is C30H38ClN9O3. The number of anilines is 2. The number of aromatic nitrogens is 7. The second-order valence-electron chi connectivity index (χ2n) is 11.6. The molecule has 1 aliphatic heterocycles. The zero-order valence-corrected chi connectivity index (χ0v) is 25.4. The lowest BCUT2D eigenvalue weighted by Gasteiger charge is -2.42. The molecule has 0 bridgehead atoms. The van der Waals surface area contributed by atoms with Crippen LogP contribution in [0.1, 0.15) is 52.5 Å². The summed E-state index contributed by atoms with van der Waals surface area (Å²) < 4.78 is 15.6. The third-order valence-electron chi connectivity index (χ3n) is 8.12. The van der Waals surface area contributed by atoms with Gasteiger partial charge in [-0.15, -0.1) is 5.10 Å². The van der Waals surface area contributed by atoms with Crippen LogP contribution in [0.2, 0.25) is 5.02 Å². The Morgan fingerprint density at radius 1 is 1.07 bits per heavy atom. The summed E-state index contributed by atoms with van der Waals surface area (Å²) in [5.74, 6) is 0.865. The van der Waals surface area contributed by atoms with Crippen molar-refractivity contribution in [2.24, 2.45) is 0 Å². The van der Waals surface area contributed by atoms with E-state index in [0.717, 1.165) is 49.9 Å². The van der Waals surface area contributed by atoms with Crippen LogP contribution in [0, 0.1) is 0 Å². The van der Waals surface area contributed by atoms with E-state index in [1.165, 1.54) is 6.33 Å². The molecule has 3 atom stereocenters. The number of ether oxygens (including phenoxy) is 2. The molecule has 4 heterocycles. The van der Waals surface area contributed by atoms with Crippen molar-refractivity contribution in [1.82, 2.24) is 39.4 Å². The summed E-state index contributed by atoms with van der Waals surface area (Å²) in [5.41, 5.74) is 2.15. The molecule has 2 aliphatic rings. The first kappa shape index (κ1) is 29.3. The minimum Gasteiger partial charge on any atom is -0.491 e. The number of benzene rings is 1. The van der Waals surface area contributed by atoms with Crippen molar-refractivity contribution in [1.29, 1.82) is 0 Å². The summed E-state index contributed by atoms with van der Waals surface area (Å²) in [5, 5.41) is 22.7. The number of nitrogens with one attached hydrogen (secondary N) is 1. The zero-order chi connectivity index (χ0) is 29.9. The summed E-state index contributed by atoms with van der Waals surface area (Å²) in [6, 6.07) is 6.38. The molecule has 0 spiro atoms.